The number of aliphatic carboxylic acids is 1. The van der Waals surface area contributed by atoms with E-state index in [0.29, 0.717) is 16.7 Å². The fourth-order valence-corrected chi connectivity index (χ4v) is 2.08. The maximum absolute atomic E-state index is 12.6. The molecule has 0 aliphatic heterocycles. The van der Waals surface area contributed by atoms with E-state index in [9.17, 15) is 14.7 Å². The van der Waals surface area contributed by atoms with Crippen molar-refractivity contribution in [3.8, 4) is 0 Å². The molecule has 1 aliphatic carbocycles. The summed E-state index contributed by atoms with van der Waals surface area (Å²) in [4.78, 5) is 23.7. The third-order valence-corrected chi connectivity index (χ3v) is 3.44. The van der Waals surface area contributed by atoms with Crippen molar-refractivity contribution in [2.75, 3.05) is 0 Å². The molecule has 0 heterocycles. The predicted molar refractivity (Wildman–Crippen MR) is 77.8 cm³/mol. The van der Waals surface area contributed by atoms with Crippen molar-refractivity contribution >= 4 is 11.8 Å². The fourth-order valence-electron chi connectivity index (χ4n) is 2.08. The van der Waals surface area contributed by atoms with Crippen LogP contribution in [0.2, 0.25) is 0 Å². The standard InChI is InChI=1S/C17H24O3/c1-10(15(19)20)11-8-12(16(2,3)4)14(18)13(9-11)17(5,6)7/h8-9H,1-7H3,(H,19,20)/p-1. The Hall–Kier alpha value is -1.64. The van der Waals surface area contributed by atoms with Gasteiger partial charge in [-0.2, -0.15) is 0 Å². The maximum atomic E-state index is 12.6. The Morgan fingerprint density at radius 2 is 1.30 bits per heavy atom. The number of allylic oxidation sites excluding steroid dienone is 5. The Morgan fingerprint density at radius 3 is 1.55 bits per heavy atom. The number of carboxylic acids is 1. The molecule has 1 aliphatic rings. The van der Waals surface area contributed by atoms with Crippen LogP contribution in [0.3, 0.4) is 0 Å². The summed E-state index contributed by atoms with van der Waals surface area (Å²) in [6, 6.07) is 0. The minimum absolute atomic E-state index is 0.0000945. The van der Waals surface area contributed by atoms with Crippen molar-refractivity contribution in [3.63, 3.8) is 0 Å². The van der Waals surface area contributed by atoms with E-state index in [2.05, 4.69) is 0 Å². The van der Waals surface area contributed by atoms with Crippen LogP contribution in [0.15, 0.2) is 34.4 Å². The highest BCUT2D eigenvalue weighted by atomic mass is 16.4. The lowest BCUT2D eigenvalue weighted by atomic mass is 9.71. The van der Waals surface area contributed by atoms with Gasteiger partial charge in [0.15, 0.2) is 5.78 Å². The lowest BCUT2D eigenvalue weighted by molar-refractivity contribution is -0.299. The molecule has 0 amide bonds. The molecular weight excluding hydrogens is 252 g/mol. The zero-order chi connectivity index (χ0) is 15.9. The number of rotatable bonds is 1. The average Bonchev–Trinajstić information content (AvgIpc) is 2.24. The second kappa shape index (κ2) is 5.04. The molecule has 0 bridgehead atoms. The van der Waals surface area contributed by atoms with Gasteiger partial charge in [0.05, 0.1) is 5.97 Å². The van der Waals surface area contributed by atoms with Crippen LogP contribution in [0.4, 0.5) is 0 Å². The first-order valence-corrected chi connectivity index (χ1v) is 6.77. The van der Waals surface area contributed by atoms with Crippen molar-refractivity contribution < 1.29 is 14.7 Å². The van der Waals surface area contributed by atoms with Crippen LogP contribution >= 0.6 is 0 Å². The first-order chi connectivity index (χ1) is 8.85. The van der Waals surface area contributed by atoms with E-state index in [-0.39, 0.29) is 22.2 Å². The third kappa shape index (κ3) is 3.27. The second-order valence-corrected chi connectivity index (χ2v) is 7.31. The molecule has 0 N–H and O–H groups in total. The van der Waals surface area contributed by atoms with Gasteiger partial charge in [0, 0.05) is 11.1 Å². The van der Waals surface area contributed by atoms with Crippen LogP contribution < -0.4 is 5.11 Å². The highest BCUT2D eigenvalue weighted by Gasteiger charge is 2.34. The van der Waals surface area contributed by atoms with Gasteiger partial charge in [-0.3, -0.25) is 4.79 Å². The molecule has 110 valence electrons. The summed E-state index contributed by atoms with van der Waals surface area (Å²) in [7, 11) is 0. The minimum atomic E-state index is -1.21. The van der Waals surface area contributed by atoms with Gasteiger partial charge in [0.1, 0.15) is 0 Å². The quantitative estimate of drug-likeness (QED) is 0.691. The Balaban J connectivity index is 3.58. The summed E-state index contributed by atoms with van der Waals surface area (Å²) >= 11 is 0. The van der Waals surface area contributed by atoms with E-state index >= 15 is 0 Å². The maximum Gasteiger partial charge on any atom is 0.186 e. The zero-order valence-corrected chi connectivity index (χ0v) is 13.4. The average molecular weight is 275 g/mol. The molecule has 0 unspecified atom stereocenters. The molecule has 0 aromatic rings. The van der Waals surface area contributed by atoms with Crippen LogP contribution in [0.5, 0.6) is 0 Å². The summed E-state index contributed by atoms with van der Waals surface area (Å²) in [6.07, 6.45) is 3.37. The van der Waals surface area contributed by atoms with Crippen LogP contribution in [-0.2, 0) is 9.59 Å². The summed E-state index contributed by atoms with van der Waals surface area (Å²) in [5.74, 6) is -1.21. The first kappa shape index (κ1) is 16.4. The molecule has 0 fully saturated rings. The number of Topliss-reactive ketones (excluding diaryl/α,β-unsaturated/α-hetero) is 1. The van der Waals surface area contributed by atoms with Crippen LogP contribution in [-0.4, -0.2) is 11.8 Å². The summed E-state index contributed by atoms with van der Waals surface area (Å²) in [5.41, 5.74) is 1.32. The van der Waals surface area contributed by atoms with Gasteiger partial charge in [0.2, 0.25) is 0 Å². The van der Waals surface area contributed by atoms with Gasteiger partial charge in [-0.25, -0.2) is 0 Å². The molecule has 1 rings (SSSR count). The normalized spacial score (nSPS) is 16.8. The van der Waals surface area contributed by atoms with Crippen molar-refractivity contribution in [1.29, 1.82) is 0 Å². The van der Waals surface area contributed by atoms with Crippen molar-refractivity contribution in [3.05, 3.63) is 34.4 Å². The Bertz CT molecular complexity index is 508. The largest absolute Gasteiger partial charge is 0.545 e. The topological polar surface area (TPSA) is 57.2 Å². The van der Waals surface area contributed by atoms with Gasteiger partial charge >= 0.3 is 0 Å². The van der Waals surface area contributed by atoms with E-state index in [1.54, 1.807) is 12.2 Å². The number of carboxylic acid groups (broad SMARTS) is 1. The minimum Gasteiger partial charge on any atom is -0.545 e. The molecule has 0 radical (unpaired) electrons. The molecule has 0 aromatic heterocycles. The number of ketones is 1. The molecule has 0 atom stereocenters. The SMILES string of the molecule is CC(C(=O)[O-])=C1C=C(C(C)(C)C)C(=O)C(C(C)(C)C)=C1. The van der Waals surface area contributed by atoms with E-state index in [1.807, 2.05) is 41.5 Å². The number of carbonyl (C=O) groups is 2. The lowest BCUT2D eigenvalue weighted by Gasteiger charge is -2.31. The van der Waals surface area contributed by atoms with E-state index in [0.717, 1.165) is 0 Å². The van der Waals surface area contributed by atoms with Gasteiger partial charge in [-0.15, -0.1) is 0 Å². The Kier molecular flexibility index (Phi) is 4.14. The van der Waals surface area contributed by atoms with Crippen molar-refractivity contribution in [2.45, 2.75) is 48.5 Å². The molecule has 0 aromatic carbocycles. The van der Waals surface area contributed by atoms with Gasteiger partial charge in [-0.05, 0) is 41.1 Å². The molecule has 3 nitrogen and oxygen atoms in total. The Labute approximate surface area is 121 Å². The van der Waals surface area contributed by atoms with Crippen LogP contribution in [0, 0.1) is 10.8 Å². The summed E-state index contributed by atoms with van der Waals surface area (Å²) in [6.45, 7) is 13.2. The monoisotopic (exact) mass is 275 g/mol. The van der Waals surface area contributed by atoms with E-state index < -0.39 is 5.97 Å². The summed E-state index contributed by atoms with van der Waals surface area (Å²) in [5, 5.41) is 11.1. The van der Waals surface area contributed by atoms with Gasteiger partial charge in [0.25, 0.3) is 0 Å². The van der Waals surface area contributed by atoms with Crippen molar-refractivity contribution in [2.24, 2.45) is 10.8 Å². The number of hydrogen-bond acceptors (Lipinski definition) is 3. The molecule has 3 heteroatoms. The lowest BCUT2D eigenvalue weighted by Crippen LogP contribution is -2.29. The second-order valence-electron chi connectivity index (χ2n) is 7.31. The van der Waals surface area contributed by atoms with E-state index in [4.69, 9.17) is 0 Å². The van der Waals surface area contributed by atoms with Gasteiger partial charge < -0.3 is 9.90 Å². The fraction of sp³-hybridized carbons (Fsp3) is 0.529. The molecule has 0 saturated carbocycles. The van der Waals surface area contributed by atoms with Crippen LogP contribution in [0.25, 0.3) is 0 Å². The molecule has 20 heavy (non-hydrogen) atoms. The zero-order valence-electron chi connectivity index (χ0n) is 13.4. The Morgan fingerprint density at radius 1 is 0.950 bits per heavy atom. The molecular formula is C17H23O3-. The molecule has 0 spiro atoms. The number of hydrogen-bond donors (Lipinski definition) is 0. The van der Waals surface area contributed by atoms with Crippen molar-refractivity contribution in [1.82, 2.24) is 0 Å². The first-order valence-electron chi connectivity index (χ1n) is 6.77. The van der Waals surface area contributed by atoms with E-state index in [1.165, 1.54) is 6.92 Å². The van der Waals surface area contributed by atoms with Gasteiger partial charge in [-0.1, -0.05) is 41.5 Å². The van der Waals surface area contributed by atoms with Crippen LogP contribution in [0.1, 0.15) is 48.5 Å². The predicted octanol–water partition coefficient (Wildman–Crippen LogP) is 2.58. The molecule has 0 saturated heterocycles. The third-order valence-electron chi connectivity index (χ3n) is 3.44. The number of carbonyl (C=O) groups excluding carboxylic acids is 2. The highest BCUT2D eigenvalue weighted by molar-refractivity contribution is 6.12. The summed E-state index contributed by atoms with van der Waals surface area (Å²) < 4.78 is 0. The highest BCUT2D eigenvalue weighted by Crippen LogP contribution is 2.39. The smallest absolute Gasteiger partial charge is 0.186 e.